The van der Waals surface area contributed by atoms with Crippen LogP contribution in [0.5, 0.6) is 0 Å². The van der Waals surface area contributed by atoms with E-state index in [1.807, 2.05) is 52.6 Å². The van der Waals surface area contributed by atoms with Crippen LogP contribution in [0.1, 0.15) is 34.5 Å². The van der Waals surface area contributed by atoms with Crippen LogP contribution in [-0.4, -0.2) is 70.3 Å². The lowest BCUT2D eigenvalue weighted by Gasteiger charge is -2.35. The van der Waals surface area contributed by atoms with Crippen molar-refractivity contribution in [3.05, 3.63) is 47.3 Å². The van der Waals surface area contributed by atoms with Gasteiger partial charge in [-0.05, 0) is 38.3 Å². The van der Waals surface area contributed by atoms with Gasteiger partial charge < -0.3 is 14.5 Å². The van der Waals surface area contributed by atoms with E-state index in [1.165, 1.54) is 0 Å². The number of aromatic nitrogens is 2. The molecule has 3 heterocycles. The number of nitrogens with zero attached hydrogens (tertiary/aromatic N) is 4. The van der Waals surface area contributed by atoms with Gasteiger partial charge in [0, 0.05) is 32.8 Å². The summed E-state index contributed by atoms with van der Waals surface area (Å²) >= 11 is 0. The molecule has 1 aromatic heterocycles. The highest BCUT2D eigenvalue weighted by atomic mass is 16.5. The van der Waals surface area contributed by atoms with E-state index in [-0.39, 0.29) is 17.9 Å². The maximum absolute atomic E-state index is 13.0. The summed E-state index contributed by atoms with van der Waals surface area (Å²) in [5.74, 6) is 0.0368. The predicted octanol–water partition coefficient (Wildman–Crippen LogP) is 1.95. The second-order valence-electron chi connectivity index (χ2n) is 7.46. The lowest BCUT2D eigenvalue weighted by Crippen LogP contribution is -2.52. The number of piperazine rings is 1. The van der Waals surface area contributed by atoms with Gasteiger partial charge >= 0.3 is 0 Å². The van der Waals surface area contributed by atoms with Crippen molar-refractivity contribution in [2.45, 2.75) is 32.8 Å². The third kappa shape index (κ3) is 3.42. The van der Waals surface area contributed by atoms with Crippen molar-refractivity contribution in [2.24, 2.45) is 0 Å². The summed E-state index contributed by atoms with van der Waals surface area (Å²) in [6.07, 6.45) is 3.10. The summed E-state index contributed by atoms with van der Waals surface area (Å²) in [4.78, 5) is 29.1. The molecule has 0 spiro atoms. The average molecular weight is 382 g/mol. The summed E-state index contributed by atoms with van der Waals surface area (Å²) in [5.41, 5.74) is 3.53. The van der Waals surface area contributed by atoms with Gasteiger partial charge in [0.25, 0.3) is 11.8 Å². The molecule has 2 aromatic rings. The molecular weight excluding hydrogens is 356 g/mol. The predicted molar refractivity (Wildman–Crippen MR) is 104 cm³/mol. The first-order valence-corrected chi connectivity index (χ1v) is 9.86. The van der Waals surface area contributed by atoms with Gasteiger partial charge in [-0.3, -0.25) is 9.59 Å². The van der Waals surface area contributed by atoms with Gasteiger partial charge in [-0.15, -0.1) is 0 Å². The first-order chi connectivity index (χ1) is 13.6. The molecule has 2 aliphatic heterocycles. The van der Waals surface area contributed by atoms with Gasteiger partial charge in [-0.2, -0.15) is 5.10 Å². The summed E-state index contributed by atoms with van der Waals surface area (Å²) in [5, 5.41) is 4.45. The third-order valence-electron chi connectivity index (χ3n) is 5.67. The SMILES string of the molecule is Cc1ccccc1-n1ncc(C(=O)N2CCN(C(=O)[C@H]3CCCO3)CC2)c1C. The van der Waals surface area contributed by atoms with E-state index in [0.717, 1.165) is 29.8 Å². The zero-order valence-electron chi connectivity index (χ0n) is 16.4. The minimum Gasteiger partial charge on any atom is -0.368 e. The van der Waals surface area contributed by atoms with Crippen molar-refractivity contribution >= 4 is 11.8 Å². The molecule has 0 N–H and O–H groups in total. The Morgan fingerprint density at radius 2 is 1.79 bits per heavy atom. The zero-order chi connectivity index (χ0) is 19.7. The number of hydrogen-bond acceptors (Lipinski definition) is 4. The Morgan fingerprint density at radius 1 is 1.07 bits per heavy atom. The molecule has 1 atom stereocenters. The molecule has 7 heteroatoms. The maximum atomic E-state index is 13.0. The maximum Gasteiger partial charge on any atom is 0.257 e. The average Bonchev–Trinajstić information content (AvgIpc) is 3.38. The molecule has 2 fully saturated rings. The molecule has 2 aliphatic rings. The van der Waals surface area contributed by atoms with Crippen LogP contribution in [0.25, 0.3) is 5.69 Å². The number of aryl methyl sites for hydroxylation is 1. The van der Waals surface area contributed by atoms with Gasteiger partial charge in [0.05, 0.1) is 23.1 Å². The molecule has 1 aromatic carbocycles. The molecule has 4 rings (SSSR count). The van der Waals surface area contributed by atoms with Gasteiger partial charge in [0.15, 0.2) is 0 Å². The Hall–Kier alpha value is -2.67. The number of ether oxygens (including phenoxy) is 1. The van der Waals surface area contributed by atoms with Crippen molar-refractivity contribution in [3.63, 3.8) is 0 Å². The molecule has 0 bridgehead atoms. The fraction of sp³-hybridized carbons (Fsp3) is 0.476. The van der Waals surface area contributed by atoms with Crippen molar-refractivity contribution in [2.75, 3.05) is 32.8 Å². The molecular formula is C21H26N4O3. The highest BCUT2D eigenvalue weighted by Gasteiger charge is 2.32. The summed E-state index contributed by atoms with van der Waals surface area (Å²) < 4.78 is 7.32. The molecule has 0 saturated carbocycles. The molecule has 28 heavy (non-hydrogen) atoms. The second-order valence-corrected chi connectivity index (χ2v) is 7.46. The number of rotatable bonds is 3. The van der Waals surface area contributed by atoms with E-state index in [1.54, 1.807) is 6.20 Å². The minimum atomic E-state index is -0.295. The van der Waals surface area contributed by atoms with Crippen LogP contribution in [0.3, 0.4) is 0 Å². The molecule has 2 saturated heterocycles. The molecule has 0 radical (unpaired) electrons. The summed E-state index contributed by atoms with van der Waals surface area (Å²) in [7, 11) is 0. The fourth-order valence-corrected chi connectivity index (χ4v) is 3.94. The van der Waals surface area contributed by atoms with Crippen LogP contribution in [0.15, 0.2) is 30.5 Å². The standard InChI is InChI=1S/C21H26N4O3/c1-15-6-3-4-7-18(15)25-16(2)17(14-22-25)20(26)23-9-11-24(12-10-23)21(27)19-8-5-13-28-19/h3-4,6-7,14,19H,5,8-13H2,1-2H3/t19-/m1/s1. The molecule has 2 amide bonds. The largest absolute Gasteiger partial charge is 0.368 e. The van der Waals surface area contributed by atoms with Crippen LogP contribution >= 0.6 is 0 Å². The number of carbonyl (C=O) groups excluding carboxylic acids is 2. The van der Waals surface area contributed by atoms with Crippen LogP contribution in [0, 0.1) is 13.8 Å². The van der Waals surface area contributed by atoms with Crippen molar-refractivity contribution < 1.29 is 14.3 Å². The van der Waals surface area contributed by atoms with E-state index in [2.05, 4.69) is 5.10 Å². The minimum absolute atomic E-state index is 0.0263. The Morgan fingerprint density at radius 3 is 2.46 bits per heavy atom. The highest BCUT2D eigenvalue weighted by molar-refractivity contribution is 5.95. The van der Waals surface area contributed by atoms with E-state index < -0.39 is 0 Å². The van der Waals surface area contributed by atoms with E-state index >= 15 is 0 Å². The number of para-hydroxylation sites is 1. The van der Waals surface area contributed by atoms with Gasteiger partial charge in [-0.25, -0.2) is 4.68 Å². The number of benzene rings is 1. The summed E-state index contributed by atoms with van der Waals surface area (Å²) in [6.45, 7) is 6.79. The normalized spacial score (nSPS) is 19.9. The van der Waals surface area contributed by atoms with Crippen molar-refractivity contribution in [3.8, 4) is 5.69 Å². The quantitative estimate of drug-likeness (QED) is 0.814. The number of amides is 2. The second kappa shape index (κ2) is 7.75. The van der Waals surface area contributed by atoms with E-state index in [9.17, 15) is 9.59 Å². The third-order valence-corrected chi connectivity index (χ3v) is 5.67. The lowest BCUT2D eigenvalue weighted by atomic mass is 10.1. The lowest BCUT2D eigenvalue weighted by molar-refractivity contribution is -0.142. The molecule has 148 valence electrons. The van der Waals surface area contributed by atoms with Gasteiger partial charge in [0.2, 0.25) is 0 Å². The van der Waals surface area contributed by atoms with Crippen LogP contribution in [-0.2, 0) is 9.53 Å². The summed E-state index contributed by atoms with van der Waals surface area (Å²) in [6, 6.07) is 7.98. The molecule has 0 aliphatic carbocycles. The van der Waals surface area contributed by atoms with Gasteiger partial charge in [0.1, 0.15) is 6.10 Å². The Bertz CT molecular complexity index is 878. The highest BCUT2D eigenvalue weighted by Crippen LogP contribution is 2.20. The fourth-order valence-electron chi connectivity index (χ4n) is 3.94. The first-order valence-electron chi connectivity index (χ1n) is 9.86. The van der Waals surface area contributed by atoms with Crippen LogP contribution < -0.4 is 0 Å². The Labute approximate surface area is 164 Å². The van der Waals surface area contributed by atoms with Crippen molar-refractivity contribution in [1.29, 1.82) is 0 Å². The zero-order valence-corrected chi connectivity index (χ0v) is 16.4. The number of hydrogen-bond donors (Lipinski definition) is 0. The van der Waals surface area contributed by atoms with Crippen LogP contribution in [0.4, 0.5) is 0 Å². The first kappa shape index (κ1) is 18.7. The molecule has 7 nitrogen and oxygen atoms in total. The van der Waals surface area contributed by atoms with E-state index in [4.69, 9.17) is 4.74 Å². The van der Waals surface area contributed by atoms with Crippen molar-refractivity contribution in [1.82, 2.24) is 19.6 Å². The Kier molecular flexibility index (Phi) is 5.17. The Balaban J connectivity index is 1.43. The molecule has 0 unspecified atom stereocenters. The van der Waals surface area contributed by atoms with Crippen LogP contribution in [0.2, 0.25) is 0 Å². The van der Waals surface area contributed by atoms with E-state index in [0.29, 0.717) is 38.3 Å². The topological polar surface area (TPSA) is 67.7 Å². The van der Waals surface area contributed by atoms with Gasteiger partial charge in [-0.1, -0.05) is 18.2 Å². The monoisotopic (exact) mass is 382 g/mol. The number of carbonyl (C=O) groups is 2. The smallest absolute Gasteiger partial charge is 0.257 e.